The molecule has 0 bridgehead atoms. The predicted molar refractivity (Wildman–Crippen MR) is 59.9 cm³/mol. The van der Waals surface area contributed by atoms with Crippen molar-refractivity contribution in [2.24, 2.45) is 0 Å². The minimum atomic E-state index is 0. The van der Waals surface area contributed by atoms with Gasteiger partial charge in [0, 0.05) is 6.42 Å². The van der Waals surface area contributed by atoms with Gasteiger partial charge in [-0.05, 0) is 11.1 Å². The maximum absolute atomic E-state index is 3.73. The Balaban J connectivity index is 0.00000169. The van der Waals surface area contributed by atoms with Gasteiger partial charge in [0.15, 0.2) is 0 Å². The van der Waals surface area contributed by atoms with E-state index in [0.29, 0.717) is 0 Å². The Kier molecular flexibility index (Phi) is 5.84. The molecule has 0 heterocycles. The maximum Gasteiger partial charge on any atom is 0.0807 e. The van der Waals surface area contributed by atoms with Crippen molar-refractivity contribution in [3.05, 3.63) is 42.0 Å². The molecule has 2 nitrogen and oxygen atoms in total. The monoisotopic (exact) mass is 193 g/mol. The summed E-state index contributed by atoms with van der Waals surface area (Å²) in [7, 11) is 4.36. The van der Waals surface area contributed by atoms with Crippen LogP contribution in [0.3, 0.4) is 0 Å². The van der Waals surface area contributed by atoms with Crippen LogP contribution in [0.5, 0.6) is 0 Å². The normalized spacial score (nSPS) is 9.64. The minimum Gasteiger partial charge on any atom is -0.870 e. The molecule has 1 rings (SSSR count). The Hall–Kier alpha value is -1.12. The van der Waals surface area contributed by atoms with Gasteiger partial charge in [-0.25, -0.2) is 0 Å². The number of hydrogen-bond donors (Lipinski definition) is 1. The second-order valence-corrected chi connectivity index (χ2v) is 3.65. The smallest absolute Gasteiger partial charge is 0.0807 e. The van der Waals surface area contributed by atoms with Gasteiger partial charge in [0.25, 0.3) is 0 Å². The zero-order chi connectivity index (χ0) is 9.68. The van der Waals surface area contributed by atoms with Crippen LogP contribution < -0.4 is 4.90 Å². The van der Waals surface area contributed by atoms with Crippen LogP contribution >= 0.6 is 0 Å². The predicted octanol–water partition coefficient (Wildman–Crippen LogP) is 0.840. The van der Waals surface area contributed by atoms with Crippen LogP contribution in [0.25, 0.3) is 6.08 Å². The van der Waals surface area contributed by atoms with Crippen LogP contribution in [-0.2, 0) is 6.42 Å². The SMILES string of the molecule is C=Cc1ccc(CC[NH+](C)C)cc1.[OH-]. The van der Waals surface area contributed by atoms with Crippen LogP contribution in [0.1, 0.15) is 11.1 Å². The van der Waals surface area contributed by atoms with Crippen LogP contribution in [0.15, 0.2) is 30.8 Å². The van der Waals surface area contributed by atoms with E-state index in [2.05, 4.69) is 44.9 Å². The first-order valence-electron chi connectivity index (χ1n) is 4.73. The number of hydrogen-bond acceptors (Lipinski definition) is 1. The average Bonchev–Trinajstić information content (AvgIpc) is 2.15. The zero-order valence-corrected chi connectivity index (χ0v) is 8.96. The van der Waals surface area contributed by atoms with E-state index in [1.54, 1.807) is 0 Å². The van der Waals surface area contributed by atoms with Gasteiger partial charge in [-0.1, -0.05) is 36.9 Å². The molecule has 0 aliphatic carbocycles. The molecule has 1 aromatic carbocycles. The molecule has 1 aromatic rings. The van der Waals surface area contributed by atoms with Crippen LogP contribution in [0.4, 0.5) is 0 Å². The Morgan fingerprint density at radius 1 is 1.21 bits per heavy atom. The molecule has 0 saturated carbocycles. The molecule has 0 atom stereocenters. The van der Waals surface area contributed by atoms with Gasteiger partial charge in [-0.3, -0.25) is 0 Å². The number of nitrogens with one attached hydrogen (secondary N) is 1. The molecular formula is C12H19NO. The third-order valence-corrected chi connectivity index (χ3v) is 2.13. The lowest BCUT2D eigenvalue weighted by molar-refractivity contribution is -0.858. The van der Waals surface area contributed by atoms with Crippen molar-refractivity contribution in [1.29, 1.82) is 0 Å². The van der Waals surface area contributed by atoms with Gasteiger partial charge in [0.2, 0.25) is 0 Å². The first-order chi connectivity index (χ1) is 6.22. The summed E-state index contributed by atoms with van der Waals surface area (Å²) in [5, 5.41) is 0. The third-order valence-electron chi connectivity index (χ3n) is 2.13. The molecule has 78 valence electrons. The summed E-state index contributed by atoms with van der Waals surface area (Å²) in [6, 6.07) is 8.60. The molecule has 0 saturated heterocycles. The van der Waals surface area contributed by atoms with Crippen molar-refractivity contribution >= 4 is 6.08 Å². The van der Waals surface area contributed by atoms with Crippen molar-refractivity contribution in [3.63, 3.8) is 0 Å². The summed E-state index contributed by atoms with van der Waals surface area (Å²) in [5.74, 6) is 0. The fourth-order valence-corrected chi connectivity index (χ4v) is 1.21. The summed E-state index contributed by atoms with van der Waals surface area (Å²) in [4.78, 5) is 1.49. The van der Waals surface area contributed by atoms with Gasteiger partial charge >= 0.3 is 0 Å². The molecular weight excluding hydrogens is 174 g/mol. The van der Waals surface area contributed by atoms with Crippen molar-refractivity contribution in [2.45, 2.75) is 6.42 Å². The number of benzene rings is 1. The van der Waals surface area contributed by atoms with Gasteiger partial charge in [0.1, 0.15) is 0 Å². The standard InChI is InChI=1S/C12H17N.H2O/c1-4-11-5-7-12(8-6-11)9-10-13(2)3;/h4-8H,1,9-10H2,2-3H3;1H2. The highest BCUT2D eigenvalue weighted by Gasteiger charge is 1.96. The lowest BCUT2D eigenvalue weighted by atomic mass is 10.1. The van der Waals surface area contributed by atoms with Gasteiger partial charge in [-0.15, -0.1) is 0 Å². The third kappa shape index (κ3) is 4.21. The Bertz CT molecular complexity index is 264. The minimum absolute atomic E-state index is 0. The first kappa shape index (κ1) is 12.9. The van der Waals surface area contributed by atoms with Crippen molar-refractivity contribution in [2.75, 3.05) is 20.6 Å². The molecule has 0 aliphatic heterocycles. The van der Waals surface area contributed by atoms with E-state index in [1.807, 2.05) is 6.08 Å². The Labute approximate surface area is 86.2 Å². The fourth-order valence-electron chi connectivity index (χ4n) is 1.21. The molecule has 0 spiro atoms. The Morgan fingerprint density at radius 3 is 2.21 bits per heavy atom. The van der Waals surface area contributed by atoms with E-state index in [4.69, 9.17) is 0 Å². The lowest BCUT2D eigenvalue weighted by Crippen LogP contribution is -3.05. The van der Waals surface area contributed by atoms with Gasteiger partial charge < -0.3 is 10.4 Å². The van der Waals surface area contributed by atoms with Crippen molar-refractivity contribution in [3.8, 4) is 0 Å². The summed E-state index contributed by atoms with van der Waals surface area (Å²) in [6.45, 7) is 4.92. The van der Waals surface area contributed by atoms with E-state index in [0.717, 1.165) is 6.42 Å². The van der Waals surface area contributed by atoms with E-state index in [-0.39, 0.29) is 5.48 Å². The molecule has 2 heteroatoms. The summed E-state index contributed by atoms with van der Waals surface area (Å²) in [6.07, 6.45) is 3.03. The van der Waals surface area contributed by atoms with E-state index < -0.39 is 0 Å². The molecule has 0 radical (unpaired) electrons. The second kappa shape index (κ2) is 6.35. The zero-order valence-electron chi connectivity index (χ0n) is 8.96. The fraction of sp³-hybridized carbons (Fsp3) is 0.333. The Morgan fingerprint density at radius 2 is 1.79 bits per heavy atom. The number of quaternary nitrogens is 1. The lowest BCUT2D eigenvalue weighted by Gasteiger charge is -2.06. The van der Waals surface area contributed by atoms with E-state index >= 15 is 0 Å². The average molecular weight is 193 g/mol. The second-order valence-electron chi connectivity index (χ2n) is 3.65. The van der Waals surface area contributed by atoms with Crippen LogP contribution in [0.2, 0.25) is 0 Å². The molecule has 0 unspecified atom stereocenters. The van der Waals surface area contributed by atoms with Gasteiger partial charge in [-0.2, -0.15) is 0 Å². The molecule has 14 heavy (non-hydrogen) atoms. The molecule has 0 fully saturated rings. The van der Waals surface area contributed by atoms with Crippen LogP contribution in [-0.4, -0.2) is 26.1 Å². The number of rotatable bonds is 4. The summed E-state index contributed by atoms with van der Waals surface area (Å²) < 4.78 is 0. The molecule has 0 aromatic heterocycles. The molecule has 0 aliphatic rings. The highest BCUT2D eigenvalue weighted by Crippen LogP contribution is 2.05. The maximum atomic E-state index is 3.73. The largest absolute Gasteiger partial charge is 0.870 e. The quantitative estimate of drug-likeness (QED) is 0.755. The van der Waals surface area contributed by atoms with E-state index in [1.165, 1.54) is 22.6 Å². The van der Waals surface area contributed by atoms with E-state index in [9.17, 15) is 0 Å². The van der Waals surface area contributed by atoms with Gasteiger partial charge in [0.05, 0.1) is 20.6 Å². The molecule has 0 amide bonds. The first-order valence-corrected chi connectivity index (χ1v) is 4.73. The highest BCUT2D eigenvalue weighted by atomic mass is 16.0. The number of likely N-dealkylation sites (N-methyl/N-ethyl adjacent to an activating group) is 1. The summed E-state index contributed by atoms with van der Waals surface area (Å²) in [5.41, 5.74) is 2.60. The summed E-state index contributed by atoms with van der Waals surface area (Å²) >= 11 is 0. The van der Waals surface area contributed by atoms with Crippen LogP contribution in [0, 0.1) is 0 Å². The topological polar surface area (TPSA) is 34.4 Å². The molecule has 2 N–H and O–H groups in total. The highest BCUT2D eigenvalue weighted by molar-refractivity contribution is 5.47. The van der Waals surface area contributed by atoms with Crippen molar-refractivity contribution in [1.82, 2.24) is 0 Å². The van der Waals surface area contributed by atoms with Crippen molar-refractivity contribution < 1.29 is 10.4 Å².